The van der Waals surface area contributed by atoms with Crippen molar-refractivity contribution in [1.29, 1.82) is 0 Å². The molecule has 11 heteroatoms. The second kappa shape index (κ2) is 11.2. The third-order valence-electron chi connectivity index (χ3n) is 9.14. The van der Waals surface area contributed by atoms with Crippen molar-refractivity contribution in [3.8, 4) is 16.9 Å². The van der Waals surface area contributed by atoms with Gasteiger partial charge in [-0.2, -0.15) is 0 Å². The van der Waals surface area contributed by atoms with E-state index >= 15 is 0 Å². The largest absolute Gasteiger partial charge is 0.508 e. The second-order valence-electron chi connectivity index (χ2n) is 11.6. The number of benzene rings is 3. The first-order chi connectivity index (χ1) is 21.5. The van der Waals surface area contributed by atoms with Crippen LogP contribution in [0, 0.1) is 11.8 Å². The van der Waals surface area contributed by atoms with Crippen LogP contribution in [0.5, 0.6) is 5.75 Å². The van der Waals surface area contributed by atoms with Crippen molar-refractivity contribution in [2.75, 3.05) is 13.2 Å². The van der Waals surface area contributed by atoms with E-state index in [1.165, 1.54) is 6.07 Å². The molecule has 3 aliphatic rings. The summed E-state index contributed by atoms with van der Waals surface area (Å²) in [5.41, 5.74) is 4.72. The topological polar surface area (TPSA) is 196 Å². The number of Topliss-reactive ketones (excluding diaryl/α,β-unsaturated/α-hetero) is 2. The molecule has 11 nitrogen and oxygen atoms in total. The fourth-order valence-electron chi connectivity index (χ4n) is 7.14. The Bertz CT molecular complexity index is 1870. The van der Waals surface area contributed by atoms with Gasteiger partial charge in [0.25, 0.3) is 5.91 Å². The van der Waals surface area contributed by atoms with E-state index in [1.807, 2.05) is 36.4 Å². The van der Waals surface area contributed by atoms with E-state index in [0.717, 1.165) is 21.9 Å². The van der Waals surface area contributed by atoms with E-state index in [4.69, 9.17) is 10.5 Å². The third kappa shape index (κ3) is 4.66. The number of aliphatic hydroxyl groups excluding tert-OH is 2. The Morgan fingerprint density at radius 2 is 1.71 bits per heavy atom. The molecule has 0 bridgehead atoms. The monoisotopic (exact) mass is 612 g/mol. The molecule has 45 heavy (non-hydrogen) atoms. The molecule has 0 heterocycles. The zero-order valence-electron chi connectivity index (χ0n) is 24.4. The molecule has 0 aromatic heterocycles. The molecule has 0 radical (unpaired) electrons. The molecule has 3 aromatic rings. The van der Waals surface area contributed by atoms with Gasteiger partial charge >= 0.3 is 5.97 Å². The van der Waals surface area contributed by atoms with Crippen molar-refractivity contribution in [3.63, 3.8) is 0 Å². The third-order valence-corrected chi connectivity index (χ3v) is 9.14. The van der Waals surface area contributed by atoms with Gasteiger partial charge < -0.3 is 36.2 Å². The van der Waals surface area contributed by atoms with Crippen molar-refractivity contribution in [2.24, 2.45) is 17.6 Å². The zero-order chi connectivity index (χ0) is 32.2. The van der Waals surface area contributed by atoms with Crippen molar-refractivity contribution < 1.29 is 44.3 Å². The van der Waals surface area contributed by atoms with E-state index in [1.54, 1.807) is 13.0 Å². The highest BCUT2D eigenvalue weighted by Crippen LogP contribution is 2.53. The number of primary amides is 1. The summed E-state index contributed by atoms with van der Waals surface area (Å²) in [6.45, 7) is 2.51. The van der Waals surface area contributed by atoms with Crippen LogP contribution in [0.3, 0.4) is 0 Å². The van der Waals surface area contributed by atoms with Gasteiger partial charge in [-0.05, 0) is 64.8 Å². The molecule has 1 amide bonds. The number of rotatable bonds is 7. The average Bonchev–Trinajstić information content (AvgIpc) is 2.99. The number of nitrogens with two attached hydrogens (primary N) is 1. The van der Waals surface area contributed by atoms with Crippen LogP contribution in [-0.2, 0) is 36.9 Å². The van der Waals surface area contributed by atoms with Crippen LogP contribution in [0.2, 0.25) is 0 Å². The Morgan fingerprint density at radius 1 is 1.00 bits per heavy atom. The molecule has 3 aliphatic carbocycles. The van der Waals surface area contributed by atoms with Crippen LogP contribution in [0.15, 0.2) is 65.4 Å². The molecule has 0 spiro atoms. The maximum absolute atomic E-state index is 13.8. The van der Waals surface area contributed by atoms with Gasteiger partial charge in [0.1, 0.15) is 22.8 Å². The molecule has 1 fully saturated rings. The van der Waals surface area contributed by atoms with Gasteiger partial charge in [-0.15, -0.1) is 0 Å². The van der Waals surface area contributed by atoms with E-state index < -0.39 is 52.0 Å². The van der Waals surface area contributed by atoms with Crippen LogP contribution in [-0.4, -0.2) is 62.6 Å². The number of carbonyl (C=O) groups excluding carboxylic acids is 4. The summed E-state index contributed by atoms with van der Waals surface area (Å²) >= 11 is 0. The lowest BCUT2D eigenvalue weighted by Crippen LogP contribution is -2.58. The number of hydrogen-bond donors (Lipinski definition) is 6. The summed E-state index contributed by atoms with van der Waals surface area (Å²) in [5, 5.41) is 49.6. The van der Waals surface area contributed by atoms with Gasteiger partial charge in [0.2, 0.25) is 5.78 Å². The Morgan fingerprint density at radius 3 is 2.42 bits per heavy atom. The first-order valence-electron chi connectivity index (χ1n) is 14.7. The number of aliphatic hydroxyl groups is 3. The fraction of sp³-hybridized carbons (Fsp3) is 0.294. The van der Waals surface area contributed by atoms with Gasteiger partial charge in [0.05, 0.1) is 18.7 Å². The molecular formula is C34H32N2O9. The van der Waals surface area contributed by atoms with Gasteiger partial charge in [-0.3, -0.25) is 19.2 Å². The number of ketones is 2. The van der Waals surface area contributed by atoms with Crippen molar-refractivity contribution in [3.05, 3.63) is 82.1 Å². The van der Waals surface area contributed by atoms with E-state index in [2.05, 4.69) is 5.32 Å². The maximum Gasteiger partial charge on any atom is 0.319 e. The Balaban J connectivity index is 1.44. The van der Waals surface area contributed by atoms with Crippen molar-refractivity contribution >= 4 is 40.0 Å². The molecule has 6 rings (SSSR count). The van der Waals surface area contributed by atoms with E-state index in [-0.39, 0.29) is 48.7 Å². The number of ether oxygens (including phenoxy) is 1. The number of esters is 1. The first kappa shape index (κ1) is 30.0. The van der Waals surface area contributed by atoms with Crippen molar-refractivity contribution in [1.82, 2.24) is 5.32 Å². The van der Waals surface area contributed by atoms with Crippen molar-refractivity contribution in [2.45, 2.75) is 38.3 Å². The van der Waals surface area contributed by atoms with Crippen LogP contribution in [0.25, 0.3) is 27.7 Å². The number of amides is 1. The number of nitrogens with one attached hydrogen (secondary N) is 1. The second-order valence-corrected chi connectivity index (χ2v) is 11.6. The summed E-state index contributed by atoms with van der Waals surface area (Å²) in [6.07, 6.45) is -0.149. The molecule has 0 saturated heterocycles. The van der Waals surface area contributed by atoms with E-state index in [9.17, 15) is 39.6 Å². The Labute approximate surface area is 257 Å². The summed E-state index contributed by atoms with van der Waals surface area (Å²) in [5.74, 6) is -7.03. The minimum atomic E-state index is -2.61. The van der Waals surface area contributed by atoms with Gasteiger partial charge in [0.15, 0.2) is 11.4 Å². The number of carbonyl (C=O) groups is 4. The van der Waals surface area contributed by atoms with Gasteiger partial charge in [-0.25, -0.2) is 0 Å². The first-order valence-corrected chi connectivity index (χ1v) is 14.7. The fourth-order valence-corrected chi connectivity index (χ4v) is 7.14. The highest BCUT2D eigenvalue weighted by Gasteiger charge is 2.60. The number of phenols is 1. The summed E-state index contributed by atoms with van der Waals surface area (Å²) in [6, 6.07) is 14.7. The molecule has 3 atom stereocenters. The van der Waals surface area contributed by atoms with Crippen LogP contribution < -0.4 is 11.1 Å². The maximum atomic E-state index is 13.8. The number of fused-ring (bicyclic) bond motifs is 4. The lowest BCUT2D eigenvalue weighted by molar-refractivity contribution is -0.147. The van der Waals surface area contributed by atoms with Gasteiger partial charge in [0, 0.05) is 24.5 Å². The lowest BCUT2D eigenvalue weighted by Gasteiger charge is -2.46. The van der Waals surface area contributed by atoms with Crippen LogP contribution in [0.1, 0.15) is 36.5 Å². The summed E-state index contributed by atoms with van der Waals surface area (Å²) in [4.78, 5) is 50.2. The molecular weight excluding hydrogens is 580 g/mol. The summed E-state index contributed by atoms with van der Waals surface area (Å²) in [7, 11) is 0. The highest BCUT2D eigenvalue weighted by atomic mass is 16.5. The SMILES string of the molecule is CCOC(=O)CNCc1ccc(-c2ccc(O)c3c2CC2CC4CC(=O)C(C(N)=O)=C(O)C4(O)C(=O)C2=C3O)c2ccccc12. The standard InChI is InChI=1S/C34H32N2O9/c1-2-45-26(39)15-36-14-16-7-8-21(20-6-4-3-5-19(16)20)22-9-10-24(37)28-23(22)12-17-11-18-13-25(38)29(33(35)43)32(42)34(18,44)31(41)27(17)30(28)40/h3-10,17-18,36-37,40,42,44H,2,11-15H2,1H3,(H2,35,43). The quantitative estimate of drug-likeness (QED) is 0.170. The van der Waals surface area contributed by atoms with Gasteiger partial charge in [-0.1, -0.05) is 42.5 Å². The van der Waals surface area contributed by atoms with Crippen LogP contribution >= 0.6 is 0 Å². The zero-order valence-corrected chi connectivity index (χ0v) is 24.4. The Kier molecular flexibility index (Phi) is 7.46. The molecule has 232 valence electrons. The number of aromatic hydroxyl groups is 1. The Hall–Kier alpha value is -5.00. The molecule has 3 aromatic carbocycles. The van der Waals surface area contributed by atoms with E-state index in [0.29, 0.717) is 24.3 Å². The molecule has 1 saturated carbocycles. The average molecular weight is 613 g/mol. The minimum absolute atomic E-state index is 0.0314. The number of phenolic OH excluding ortho intramolecular Hbond substituents is 1. The normalized spacial score (nSPS) is 22.6. The predicted molar refractivity (Wildman–Crippen MR) is 163 cm³/mol. The summed E-state index contributed by atoms with van der Waals surface area (Å²) < 4.78 is 4.99. The molecule has 7 N–H and O–H groups in total. The minimum Gasteiger partial charge on any atom is -0.508 e. The molecule has 3 unspecified atom stereocenters. The lowest BCUT2D eigenvalue weighted by atomic mass is 9.59. The van der Waals surface area contributed by atoms with Crippen LogP contribution in [0.4, 0.5) is 0 Å². The number of hydrogen-bond acceptors (Lipinski definition) is 10. The smallest absolute Gasteiger partial charge is 0.319 e. The molecule has 0 aliphatic heterocycles. The highest BCUT2D eigenvalue weighted by molar-refractivity contribution is 6.22. The predicted octanol–water partition coefficient (Wildman–Crippen LogP) is 2.90.